The molecule has 0 amide bonds. The van der Waals surface area contributed by atoms with Crippen LogP contribution in [0.2, 0.25) is 10.0 Å². The monoisotopic (exact) mass is 248 g/mol. The van der Waals surface area contributed by atoms with Gasteiger partial charge in [-0.2, -0.15) is 0 Å². The second-order valence-corrected chi connectivity index (χ2v) is 3.94. The zero-order valence-electron chi connectivity index (χ0n) is 8.52. The summed E-state index contributed by atoms with van der Waals surface area (Å²) in [5.74, 6) is 0. The summed E-state index contributed by atoms with van der Waals surface area (Å²) in [4.78, 5) is 0. The molecule has 0 saturated heterocycles. The first-order valence-corrected chi connectivity index (χ1v) is 5.38. The summed E-state index contributed by atoms with van der Waals surface area (Å²) in [6, 6.07) is 3.37. The van der Waals surface area contributed by atoms with Crippen LogP contribution in [-0.4, -0.2) is 20.3 Å². The molecule has 1 aromatic carbocycles. The molecule has 0 aliphatic carbocycles. The molecule has 0 heterocycles. The number of anilines is 2. The third-order valence-corrected chi connectivity index (χ3v) is 2.66. The number of ether oxygens (including phenoxy) is 1. The lowest BCUT2D eigenvalue weighted by molar-refractivity contribution is 0.198. The van der Waals surface area contributed by atoms with Crippen LogP contribution in [0.5, 0.6) is 0 Å². The summed E-state index contributed by atoms with van der Waals surface area (Å²) in [6.07, 6.45) is 0.913. The first-order valence-electron chi connectivity index (χ1n) is 4.62. The van der Waals surface area contributed by atoms with Crippen LogP contribution in [-0.2, 0) is 4.74 Å². The van der Waals surface area contributed by atoms with Gasteiger partial charge in [0.25, 0.3) is 0 Å². The van der Waals surface area contributed by atoms with Crippen molar-refractivity contribution in [1.82, 2.24) is 0 Å². The zero-order chi connectivity index (χ0) is 11.3. The third-order valence-electron chi connectivity index (χ3n) is 1.93. The maximum Gasteiger partial charge on any atom is 0.0614 e. The smallest absolute Gasteiger partial charge is 0.0614 e. The Labute approximate surface area is 99.5 Å². The average molecular weight is 249 g/mol. The molecule has 0 radical (unpaired) electrons. The minimum Gasteiger partial charge on any atom is -0.397 e. The largest absolute Gasteiger partial charge is 0.397 e. The van der Waals surface area contributed by atoms with Gasteiger partial charge in [0.2, 0.25) is 0 Å². The molecule has 3 N–H and O–H groups in total. The van der Waals surface area contributed by atoms with Crippen molar-refractivity contribution >= 4 is 34.6 Å². The van der Waals surface area contributed by atoms with E-state index in [9.17, 15) is 0 Å². The van der Waals surface area contributed by atoms with Crippen LogP contribution in [0, 0.1) is 0 Å². The lowest BCUT2D eigenvalue weighted by atomic mass is 10.2. The number of halogens is 2. The number of methoxy groups -OCH3 is 1. The molecular weight excluding hydrogens is 235 g/mol. The highest BCUT2D eigenvalue weighted by Crippen LogP contribution is 2.30. The Morgan fingerprint density at radius 2 is 2.00 bits per heavy atom. The first kappa shape index (κ1) is 12.4. The molecular formula is C10H14Cl2N2O. The van der Waals surface area contributed by atoms with Gasteiger partial charge < -0.3 is 15.8 Å². The molecule has 0 aliphatic rings. The standard InChI is InChI=1S/C10H14Cl2N2O/c1-15-4-2-3-14-10-6-8(12)7(11)5-9(10)13/h5-6,14H,2-4,13H2,1H3. The van der Waals surface area contributed by atoms with E-state index in [4.69, 9.17) is 33.7 Å². The molecule has 0 spiro atoms. The van der Waals surface area contributed by atoms with Crippen molar-refractivity contribution in [2.45, 2.75) is 6.42 Å². The van der Waals surface area contributed by atoms with E-state index in [2.05, 4.69) is 5.32 Å². The molecule has 0 bridgehead atoms. The second kappa shape index (κ2) is 6.05. The summed E-state index contributed by atoms with van der Waals surface area (Å²) in [7, 11) is 1.67. The van der Waals surface area contributed by atoms with E-state index in [1.54, 1.807) is 19.2 Å². The number of nitrogens with two attached hydrogens (primary N) is 1. The maximum absolute atomic E-state index is 5.87. The van der Waals surface area contributed by atoms with Crippen molar-refractivity contribution in [1.29, 1.82) is 0 Å². The van der Waals surface area contributed by atoms with Gasteiger partial charge in [0.1, 0.15) is 0 Å². The minimum absolute atomic E-state index is 0.469. The lowest BCUT2D eigenvalue weighted by Crippen LogP contribution is -2.06. The van der Waals surface area contributed by atoms with Crippen molar-refractivity contribution in [2.75, 3.05) is 31.3 Å². The van der Waals surface area contributed by atoms with Crippen LogP contribution in [0.25, 0.3) is 0 Å². The number of nitrogens with one attached hydrogen (secondary N) is 1. The Morgan fingerprint density at radius 1 is 1.33 bits per heavy atom. The molecule has 0 aromatic heterocycles. The van der Waals surface area contributed by atoms with E-state index in [1.165, 1.54) is 0 Å². The summed E-state index contributed by atoms with van der Waals surface area (Å²) < 4.78 is 4.93. The molecule has 84 valence electrons. The fourth-order valence-corrected chi connectivity index (χ4v) is 1.49. The van der Waals surface area contributed by atoms with E-state index < -0.39 is 0 Å². The van der Waals surface area contributed by atoms with Gasteiger partial charge >= 0.3 is 0 Å². The van der Waals surface area contributed by atoms with Crippen LogP contribution in [0.3, 0.4) is 0 Å². The van der Waals surface area contributed by atoms with Crippen molar-refractivity contribution in [3.63, 3.8) is 0 Å². The third kappa shape index (κ3) is 3.78. The van der Waals surface area contributed by atoms with Crippen LogP contribution in [0.15, 0.2) is 12.1 Å². The highest BCUT2D eigenvalue weighted by atomic mass is 35.5. The molecule has 1 rings (SSSR count). The topological polar surface area (TPSA) is 47.3 Å². The summed E-state index contributed by atoms with van der Waals surface area (Å²) >= 11 is 11.7. The van der Waals surface area contributed by atoms with Crippen LogP contribution >= 0.6 is 23.2 Å². The van der Waals surface area contributed by atoms with Gasteiger partial charge in [0, 0.05) is 20.3 Å². The maximum atomic E-state index is 5.87. The number of rotatable bonds is 5. The lowest BCUT2D eigenvalue weighted by Gasteiger charge is -2.10. The molecule has 0 aliphatic heterocycles. The molecule has 0 atom stereocenters. The molecule has 0 fully saturated rings. The average Bonchev–Trinajstić information content (AvgIpc) is 2.20. The van der Waals surface area contributed by atoms with Gasteiger partial charge in [-0.05, 0) is 18.6 Å². The fraction of sp³-hybridized carbons (Fsp3) is 0.400. The minimum atomic E-state index is 0.469. The van der Waals surface area contributed by atoms with Gasteiger partial charge in [-0.3, -0.25) is 0 Å². The second-order valence-electron chi connectivity index (χ2n) is 3.13. The van der Waals surface area contributed by atoms with E-state index in [-0.39, 0.29) is 0 Å². The molecule has 3 nitrogen and oxygen atoms in total. The molecule has 1 aromatic rings. The summed E-state index contributed by atoms with van der Waals surface area (Å²) in [5, 5.41) is 4.14. The predicted octanol–water partition coefficient (Wildman–Crippen LogP) is 3.02. The van der Waals surface area contributed by atoms with Crippen LogP contribution in [0.4, 0.5) is 11.4 Å². The SMILES string of the molecule is COCCCNc1cc(Cl)c(Cl)cc1N. The zero-order valence-corrected chi connectivity index (χ0v) is 10.0. The van der Waals surface area contributed by atoms with E-state index in [1.807, 2.05) is 0 Å². The Morgan fingerprint density at radius 3 is 2.67 bits per heavy atom. The Hall–Kier alpha value is -0.640. The van der Waals surface area contributed by atoms with E-state index in [0.717, 1.165) is 18.7 Å². The number of nitrogen functional groups attached to an aromatic ring is 1. The van der Waals surface area contributed by atoms with Gasteiger partial charge in [0.15, 0.2) is 0 Å². The highest BCUT2D eigenvalue weighted by molar-refractivity contribution is 6.42. The van der Waals surface area contributed by atoms with Crippen LogP contribution in [0.1, 0.15) is 6.42 Å². The van der Waals surface area contributed by atoms with Crippen molar-refractivity contribution < 1.29 is 4.74 Å². The number of benzene rings is 1. The fourth-order valence-electron chi connectivity index (χ4n) is 1.15. The summed E-state index contributed by atoms with van der Waals surface area (Å²) in [5.41, 5.74) is 7.17. The van der Waals surface area contributed by atoms with E-state index >= 15 is 0 Å². The van der Waals surface area contributed by atoms with Gasteiger partial charge in [0.05, 0.1) is 21.4 Å². The quantitative estimate of drug-likeness (QED) is 0.622. The predicted molar refractivity (Wildman–Crippen MR) is 65.9 cm³/mol. The van der Waals surface area contributed by atoms with Crippen molar-refractivity contribution in [2.24, 2.45) is 0 Å². The molecule has 5 heteroatoms. The Balaban J connectivity index is 2.57. The van der Waals surface area contributed by atoms with Crippen LogP contribution < -0.4 is 11.1 Å². The van der Waals surface area contributed by atoms with Gasteiger partial charge in [-0.25, -0.2) is 0 Å². The normalized spacial score (nSPS) is 10.3. The molecule has 15 heavy (non-hydrogen) atoms. The number of hydrogen-bond donors (Lipinski definition) is 2. The molecule has 0 saturated carbocycles. The van der Waals surface area contributed by atoms with Crippen molar-refractivity contribution in [3.8, 4) is 0 Å². The first-order chi connectivity index (χ1) is 7.15. The highest BCUT2D eigenvalue weighted by Gasteiger charge is 2.04. The van der Waals surface area contributed by atoms with Gasteiger partial charge in [-0.15, -0.1) is 0 Å². The van der Waals surface area contributed by atoms with E-state index in [0.29, 0.717) is 22.3 Å². The molecule has 0 unspecified atom stereocenters. The Bertz CT molecular complexity index is 331. The number of hydrogen-bond acceptors (Lipinski definition) is 3. The Kier molecular flexibility index (Phi) is 5.02. The van der Waals surface area contributed by atoms with Crippen molar-refractivity contribution in [3.05, 3.63) is 22.2 Å². The van der Waals surface area contributed by atoms with Gasteiger partial charge in [-0.1, -0.05) is 23.2 Å². The summed E-state index contributed by atoms with van der Waals surface area (Å²) in [6.45, 7) is 1.50.